The second-order valence-electron chi connectivity index (χ2n) is 4.33. The molecule has 8 heteroatoms. The van der Waals surface area contributed by atoms with Gasteiger partial charge in [-0.15, -0.1) is 0 Å². The quantitative estimate of drug-likeness (QED) is 0.334. The normalized spacial score (nSPS) is 12.6. The third-order valence-electron chi connectivity index (χ3n) is 2.81. The van der Waals surface area contributed by atoms with Gasteiger partial charge in [0, 0.05) is 25.7 Å². The third-order valence-corrected chi connectivity index (χ3v) is 2.81. The van der Waals surface area contributed by atoms with Crippen molar-refractivity contribution in [1.82, 2.24) is 21.5 Å². The average molecular weight is 315 g/mol. The molecular formula is C14H20F3N5. The van der Waals surface area contributed by atoms with Gasteiger partial charge in [0.15, 0.2) is 0 Å². The Kier molecular flexibility index (Phi) is 6.87. The predicted octanol–water partition coefficient (Wildman–Crippen LogP) is 1.57. The van der Waals surface area contributed by atoms with Crippen molar-refractivity contribution >= 4 is 12.4 Å². The van der Waals surface area contributed by atoms with Gasteiger partial charge in [0.2, 0.25) is 0 Å². The lowest BCUT2D eigenvalue weighted by molar-refractivity contribution is -0.137. The molecule has 1 aromatic rings. The van der Waals surface area contributed by atoms with E-state index in [1.54, 1.807) is 14.1 Å². The van der Waals surface area contributed by atoms with Crippen molar-refractivity contribution in [2.45, 2.75) is 6.18 Å². The molecule has 0 amide bonds. The summed E-state index contributed by atoms with van der Waals surface area (Å²) in [6.45, 7) is 4.54. The number of benzene rings is 1. The fraction of sp³-hybridized carbons (Fsp3) is 0.357. The molecule has 0 aliphatic heterocycles. The highest BCUT2D eigenvalue weighted by Crippen LogP contribution is 2.35. The minimum Gasteiger partial charge on any atom is -0.368 e. The molecule has 0 heterocycles. The van der Waals surface area contributed by atoms with Crippen LogP contribution in [0.5, 0.6) is 0 Å². The summed E-state index contributed by atoms with van der Waals surface area (Å²) in [5.74, 6) is 0.324. The van der Waals surface area contributed by atoms with Crippen LogP contribution in [0.15, 0.2) is 35.1 Å². The maximum atomic E-state index is 13.1. The molecule has 0 saturated carbocycles. The number of likely N-dealkylation sites (N-methyl/N-ethyl adjacent to an activating group) is 1. The number of hydrogen-bond acceptors (Lipinski definition) is 5. The fourth-order valence-corrected chi connectivity index (χ4v) is 1.86. The molecule has 0 fully saturated rings. The van der Waals surface area contributed by atoms with E-state index in [4.69, 9.17) is 0 Å². The number of nitrogens with one attached hydrogen (secondary N) is 4. The summed E-state index contributed by atoms with van der Waals surface area (Å²) in [5.41, 5.74) is 4.73. The first-order valence-electron chi connectivity index (χ1n) is 6.64. The van der Waals surface area contributed by atoms with Crippen LogP contribution in [0.2, 0.25) is 0 Å². The SMILES string of the molecule is C=N/C(=C(/NCCNC)NNC)c1ccccc1C(F)(F)F. The van der Waals surface area contributed by atoms with Gasteiger partial charge in [-0.1, -0.05) is 18.2 Å². The molecule has 1 aromatic carbocycles. The number of aliphatic imine (C=N–C) groups is 1. The molecule has 0 bridgehead atoms. The van der Waals surface area contributed by atoms with Gasteiger partial charge in [-0.05, 0) is 19.8 Å². The van der Waals surface area contributed by atoms with Crippen LogP contribution in [-0.4, -0.2) is 33.9 Å². The Labute approximate surface area is 127 Å². The Morgan fingerprint density at radius 3 is 2.41 bits per heavy atom. The van der Waals surface area contributed by atoms with Crippen molar-refractivity contribution in [3.63, 3.8) is 0 Å². The van der Waals surface area contributed by atoms with Gasteiger partial charge >= 0.3 is 6.18 Å². The first kappa shape index (κ1) is 18.0. The molecule has 0 aromatic heterocycles. The summed E-state index contributed by atoms with van der Waals surface area (Å²) in [7, 11) is 3.39. The summed E-state index contributed by atoms with van der Waals surface area (Å²) in [4.78, 5) is 3.77. The number of alkyl halides is 3. The van der Waals surface area contributed by atoms with Gasteiger partial charge in [-0.2, -0.15) is 13.2 Å². The zero-order chi connectivity index (χ0) is 16.6. The van der Waals surface area contributed by atoms with Crippen molar-refractivity contribution in [3.8, 4) is 0 Å². The summed E-state index contributed by atoms with van der Waals surface area (Å²) < 4.78 is 39.4. The van der Waals surface area contributed by atoms with E-state index in [0.717, 1.165) is 6.07 Å². The Bertz CT molecular complexity index is 525. The van der Waals surface area contributed by atoms with E-state index >= 15 is 0 Å². The second-order valence-corrected chi connectivity index (χ2v) is 4.33. The van der Waals surface area contributed by atoms with E-state index < -0.39 is 11.7 Å². The van der Waals surface area contributed by atoms with E-state index in [1.807, 2.05) is 0 Å². The molecule has 0 aliphatic carbocycles. The lowest BCUT2D eigenvalue weighted by Crippen LogP contribution is -2.38. The Balaban J connectivity index is 3.31. The molecule has 0 unspecified atom stereocenters. The van der Waals surface area contributed by atoms with Crippen molar-refractivity contribution in [3.05, 3.63) is 41.2 Å². The maximum Gasteiger partial charge on any atom is 0.417 e. The topological polar surface area (TPSA) is 60.5 Å². The fourth-order valence-electron chi connectivity index (χ4n) is 1.86. The van der Waals surface area contributed by atoms with E-state index in [-0.39, 0.29) is 11.3 Å². The lowest BCUT2D eigenvalue weighted by Gasteiger charge is -2.18. The van der Waals surface area contributed by atoms with Crippen molar-refractivity contribution in [2.75, 3.05) is 27.2 Å². The first-order valence-corrected chi connectivity index (χ1v) is 6.64. The predicted molar refractivity (Wildman–Crippen MR) is 82.0 cm³/mol. The maximum absolute atomic E-state index is 13.1. The summed E-state index contributed by atoms with van der Waals surface area (Å²) >= 11 is 0. The minimum absolute atomic E-state index is 0.0419. The molecule has 0 saturated heterocycles. The largest absolute Gasteiger partial charge is 0.417 e. The molecule has 0 aliphatic rings. The van der Waals surface area contributed by atoms with Crippen molar-refractivity contribution < 1.29 is 13.2 Å². The molecule has 0 spiro atoms. The first-order chi connectivity index (χ1) is 10.5. The van der Waals surface area contributed by atoms with Crippen LogP contribution < -0.4 is 21.5 Å². The molecule has 122 valence electrons. The number of rotatable bonds is 8. The van der Waals surface area contributed by atoms with Gasteiger partial charge < -0.3 is 16.1 Å². The molecule has 0 atom stereocenters. The highest BCUT2D eigenvalue weighted by atomic mass is 19.4. The number of hydrogen-bond donors (Lipinski definition) is 4. The van der Waals surface area contributed by atoms with Crippen LogP contribution >= 0.6 is 0 Å². The van der Waals surface area contributed by atoms with E-state index in [1.165, 1.54) is 18.2 Å². The summed E-state index contributed by atoms with van der Waals surface area (Å²) in [6, 6.07) is 5.25. The Morgan fingerprint density at radius 2 is 1.86 bits per heavy atom. The molecule has 4 N–H and O–H groups in total. The van der Waals surface area contributed by atoms with E-state index in [9.17, 15) is 13.2 Å². The zero-order valence-electron chi connectivity index (χ0n) is 12.5. The summed E-state index contributed by atoms with van der Waals surface area (Å²) in [6.07, 6.45) is -4.47. The van der Waals surface area contributed by atoms with Gasteiger partial charge in [0.25, 0.3) is 0 Å². The highest BCUT2D eigenvalue weighted by Gasteiger charge is 2.34. The van der Waals surface area contributed by atoms with Gasteiger partial charge in [0.1, 0.15) is 11.5 Å². The second kappa shape index (κ2) is 8.40. The van der Waals surface area contributed by atoms with E-state index in [2.05, 4.69) is 33.2 Å². The molecule has 1 rings (SSSR count). The van der Waals surface area contributed by atoms with Crippen LogP contribution in [0.1, 0.15) is 11.1 Å². The summed E-state index contributed by atoms with van der Waals surface area (Å²) in [5, 5.41) is 5.93. The third kappa shape index (κ3) is 4.74. The van der Waals surface area contributed by atoms with Crippen LogP contribution in [0.25, 0.3) is 5.70 Å². The minimum atomic E-state index is -4.47. The molecule has 22 heavy (non-hydrogen) atoms. The highest BCUT2D eigenvalue weighted by molar-refractivity contribution is 5.72. The van der Waals surface area contributed by atoms with Crippen LogP contribution in [0, 0.1) is 0 Å². The van der Waals surface area contributed by atoms with Crippen LogP contribution in [0.3, 0.4) is 0 Å². The van der Waals surface area contributed by atoms with Gasteiger partial charge in [0.05, 0.1) is 5.56 Å². The molecule has 5 nitrogen and oxygen atoms in total. The molecule has 0 radical (unpaired) electrons. The average Bonchev–Trinajstić information content (AvgIpc) is 2.48. The van der Waals surface area contributed by atoms with Crippen molar-refractivity contribution in [1.29, 1.82) is 0 Å². The van der Waals surface area contributed by atoms with Gasteiger partial charge in [-0.3, -0.25) is 4.99 Å². The van der Waals surface area contributed by atoms with Gasteiger partial charge in [-0.25, -0.2) is 5.43 Å². The Morgan fingerprint density at radius 1 is 1.18 bits per heavy atom. The Hall–Kier alpha value is -2.06. The number of halogens is 3. The van der Waals surface area contributed by atoms with Crippen LogP contribution in [-0.2, 0) is 6.18 Å². The zero-order valence-corrected chi connectivity index (χ0v) is 12.5. The van der Waals surface area contributed by atoms with E-state index in [0.29, 0.717) is 18.9 Å². The van der Waals surface area contributed by atoms with Crippen LogP contribution in [0.4, 0.5) is 13.2 Å². The smallest absolute Gasteiger partial charge is 0.368 e. The number of nitrogens with zero attached hydrogens (tertiary/aromatic N) is 1. The monoisotopic (exact) mass is 315 g/mol. The van der Waals surface area contributed by atoms with Crippen molar-refractivity contribution in [2.24, 2.45) is 4.99 Å². The molecular weight excluding hydrogens is 295 g/mol. The number of hydrazine groups is 1. The standard InChI is InChI=1S/C14H20F3N5/c1-18-8-9-21-13(22-20-3)12(19-2)10-6-4-5-7-11(10)14(15,16)17/h4-7,18,20-22H,2,8-9H2,1,3H3/b13-12-. The lowest BCUT2D eigenvalue weighted by atomic mass is 10.0.